The Balaban J connectivity index is 1.46. The molecule has 0 atom stereocenters. The van der Waals surface area contributed by atoms with E-state index < -0.39 is 0 Å². The summed E-state index contributed by atoms with van der Waals surface area (Å²) in [4.78, 5) is 28.9. The van der Waals surface area contributed by atoms with Crippen LogP contribution in [0.3, 0.4) is 0 Å². The molecule has 0 bridgehead atoms. The van der Waals surface area contributed by atoms with Crippen molar-refractivity contribution in [2.45, 2.75) is 6.54 Å². The quantitative estimate of drug-likeness (QED) is 0.755. The molecule has 1 aliphatic heterocycles. The normalized spacial score (nSPS) is 15.2. The fourth-order valence-corrected chi connectivity index (χ4v) is 3.64. The summed E-state index contributed by atoms with van der Waals surface area (Å²) < 4.78 is 0. The van der Waals surface area contributed by atoms with Gasteiger partial charge >= 0.3 is 0 Å². The van der Waals surface area contributed by atoms with Gasteiger partial charge in [-0.15, -0.1) is 0 Å². The van der Waals surface area contributed by atoms with Crippen molar-refractivity contribution in [2.24, 2.45) is 0 Å². The van der Waals surface area contributed by atoms with E-state index in [1.807, 2.05) is 24.3 Å². The zero-order valence-electron chi connectivity index (χ0n) is 14.7. The van der Waals surface area contributed by atoms with Gasteiger partial charge in [0.1, 0.15) is 0 Å². The van der Waals surface area contributed by atoms with E-state index in [0.717, 1.165) is 30.2 Å². The van der Waals surface area contributed by atoms with Gasteiger partial charge in [-0.3, -0.25) is 14.5 Å². The van der Waals surface area contributed by atoms with Gasteiger partial charge in [0.2, 0.25) is 0 Å². The van der Waals surface area contributed by atoms with E-state index in [9.17, 15) is 9.59 Å². The first kappa shape index (κ1) is 17.7. The summed E-state index contributed by atoms with van der Waals surface area (Å²) in [6, 6.07) is 14.9. The number of carbonyl (C=O) groups excluding carboxylic acids is 1. The maximum atomic E-state index is 12.9. The van der Waals surface area contributed by atoms with Crippen molar-refractivity contribution in [3.8, 4) is 0 Å². The van der Waals surface area contributed by atoms with Crippen molar-refractivity contribution in [1.29, 1.82) is 0 Å². The number of nitrogens with zero attached hydrogens (tertiary/aromatic N) is 3. The summed E-state index contributed by atoms with van der Waals surface area (Å²) in [6.07, 6.45) is 0. The fraction of sp³-hybridized carbons (Fsp3) is 0.250. The molecular weight excluding hydrogens is 364 g/mol. The van der Waals surface area contributed by atoms with Gasteiger partial charge in [0.15, 0.2) is 5.69 Å². The van der Waals surface area contributed by atoms with Crippen molar-refractivity contribution in [3.63, 3.8) is 0 Å². The minimum absolute atomic E-state index is 0.148. The molecule has 0 saturated carbocycles. The first-order chi connectivity index (χ1) is 13.1. The molecule has 0 spiro atoms. The Morgan fingerprint density at radius 2 is 1.78 bits per heavy atom. The third-order valence-corrected chi connectivity index (χ3v) is 5.09. The molecule has 0 aliphatic carbocycles. The molecular formula is C20H19ClN4O2. The van der Waals surface area contributed by atoms with Gasteiger partial charge < -0.3 is 4.90 Å². The average molecular weight is 383 g/mol. The minimum Gasteiger partial charge on any atom is -0.335 e. The van der Waals surface area contributed by atoms with Crippen LogP contribution in [-0.2, 0) is 6.54 Å². The predicted octanol–water partition coefficient (Wildman–Crippen LogP) is 2.53. The number of halogens is 1. The second kappa shape index (κ2) is 7.50. The lowest BCUT2D eigenvalue weighted by Crippen LogP contribution is -2.48. The van der Waals surface area contributed by atoms with Crippen molar-refractivity contribution in [3.05, 3.63) is 75.2 Å². The van der Waals surface area contributed by atoms with Crippen LogP contribution in [-0.4, -0.2) is 52.1 Å². The minimum atomic E-state index is -0.284. The van der Waals surface area contributed by atoms with Gasteiger partial charge in [0.05, 0.1) is 5.39 Å². The molecule has 3 aromatic rings. The molecule has 1 aromatic heterocycles. The van der Waals surface area contributed by atoms with E-state index in [1.165, 1.54) is 0 Å². The van der Waals surface area contributed by atoms with Gasteiger partial charge in [-0.25, -0.2) is 5.10 Å². The topological polar surface area (TPSA) is 69.3 Å². The summed E-state index contributed by atoms with van der Waals surface area (Å²) in [5, 5.41) is 8.26. The van der Waals surface area contributed by atoms with Crippen molar-refractivity contribution in [1.82, 2.24) is 20.0 Å². The molecule has 2 heterocycles. The molecule has 0 radical (unpaired) electrons. The predicted molar refractivity (Wildman–Crippen MR) is 105 cm³/mol. The monoisotopic (exact) mass is 382 g/mol. The molecule has 27 heavy (non-hydrogen) atoms. The molecule has 7 heteroatoms. The van der Waals surface area contributed by atoms with Crippen LogP contribution in [0.15, 0.2) is 53.3 Å². The molecule has 0 unspecified atom stereocenters. The number of hydrogen-bond acceptors (Lipinski definition) is 4. The number of aromatic nitrogens is 2. The Morgan fingerprint density at radius 1 is 1.04 bits per heavy atom. The number of aromatic amines is 1. The molecule has 4 rings (SSSR count). The van der Waals surface area contributed by atoms with Crippen molar-refractivity contribution >= 4 is 28.3 Å². The van der Waals surface area contributed by atoms with E-state index in [2.05, 4.69) is 21.2 Å². The van der Waals surface area contributed by atoms with Gasteiger partial charge in [-0.1, -0.05) is 41.9 Å². The van der Waals surface area contributed by atoms with E-state index in [0.29, 0.717) is 29.6 Å². The van der Waals surface area contributed by atoms with Gasteiger partial charge in [0.25, 0.3) is 11.5 Å². The summed E-state index contributed by atoms with van der Waals surface area (Å²) >= 11 is 6.05. The van der Waals surface area contributed by atoms with E-state index >= 15 is 0 Å². The molecule has 6 nitrogen and oxygen atoms in total. The Morgan fingerprint density at radius 3 is 2.52 bits per heavy atom. The van der Waals surface area contributed by atoms with Crippen LogP contribution in [0.5, 0.6) is 0 Å². The lowest BCUT2D eigenvalue weighted by atomic mass is 10.1. The largest absolute Gasteiger partial charge is 0.335 e. The molecule has 1 aliphatic rings. The molecule has 1 saturated heterocycles. The molecule has 1 amide bonds. The van der Waals surface area contributed by atoms with Crippen LogP contribution < -0.4 is 5.56 Å². The SMILES string of the molecule is O=C(c1n[nH]c(=O)c2ccccc12)N1CCN(Cc2cccc(Cl)c2)CC1. The standard InChI is InChI=1S/C20H19ClN4O2/c21-15-5-3-4-14(12-15)13-24-8-10-25(11-9-24)20(27)18-16-6-1-2-7-17(16)19(26)23-22-18/h1-7,12H,8-11,13H2,(H,23,26). The number of amides is 1. The second-order valence-electron chi connectivity index (χ2n) is 6.65. The highest BCUT2D eigenvalue weighted by Gasteiger charge is 2.25. The molecule has 2 aromatic carbocycles. The highest BCUT2D eigenvalue weighted by Crippen LogP contribution is 2.17. The number of carbonyl (C=O) groups is 1. The Kier molecular flexibility index (Phi) is 4.92. The first-order valence-corrected chi connectivity index (χ1v) is 9.23. The van der Waals surface area contributed by atoms with Crippen LogP contribution in [0.25, 0.3) is 10.8 Å². The van der Waals surface area contributed by atoms with Crippen LogP contribution in [0.1, 0.15) is 16.1 Å². The zero-order valence-corrected chi connectivity index (χ0v) is 15.4. The summed E-state index contributed by atoms with van der Waals surface area (Å²) in [5.41, 5.74) is 1.18. The van der Waals surface area contributed by atoms with Gasteiger partial charge in [-0.05, 0) is 23.8 Å². The maximum Gasteiger partial charge on any atom is 0.275 e. The number of piperazine rings is 1. The van der Waals surface area contributed by atoms with Crippen LogP contribution >= 0.6 is 11.6 Å². The smallest absolute Gasteiger partial charge is 0.275 e. The van der Waals surface area contributed by atoms with Crippen LogP contribution in [0.2, 0.25) is 5.02 Å². The van der Waals surface area contributed by atoms with Crippen molar-refractivity contribution < 1.29 is 4.79 Å². The molecule has 138 valence electrons. The van der Waals surface area contributed by atoms with E-state index in [-0.39, 0.29) is 11.5 Å². The number of H-pyrrole nitrogens is 1. The Bertz CT molecular complexity index is 1040. The van der Waals surface area contributed by atoms with Crippen LogP contribution in [0.4, 0.5) is 0 Å². The summed E-state index contributed by atoms with van der Waals surface area (Å²) in [6.45, 7) is 3.60. The van der Waals surface area contributed by atoms with Crippen molar-refractivity contribution in [2.75, 3.05) is 26.2 Å². The lowest BCUT2D eigenvalue weighted by Gasteiger charge is -2.34. The van der Waals surface area contributed by atoms with Gasteiger partial charge in [0, 0.05) is 43.1 Å². The Hall–Kier alpha value is -2.70. The third-order valence-electron chi connectivity index (χ3n) is 4.85. The number of hydrogen-bond donors (Lipinski definition) is 1. The fourth-order valence-electron chi connectivity index (χ4n) is 3.43. The van der Waals surface area contributed by atoms with Crippen LogP contribution in [0, 0.1) is 0 Å². The molecule has 1 N–H and O–H groups in total. The number of nitrogens with one attached hydrogen (secondary N) is 1. The third kappa shape index (κ3) is 3.72. The summed E-state index contributed by atoms with van der Waals surface area (Å²) in [5.74, 6) is -0.148. The van der Waals surface area contributed by atoms with E-state index in [4.69, 9.17) is 11.6 Å². The number of fused-ring (bicyclic) bond motifs is 1. The average Bonchev–Trinajstić information content (AvgIpc) is 2.69. The van der Waals surface area contributed by atoms with Gasteiger partial charge in [-0.2, -0.15) is 5.10 Å². The maximum absolute atomic E-state index is 12.9. The van der Waals surface area contributed by atoms with E-state index in [1.54, 1.807) is 23.1 Å². The highest BCUT2D eigenvalue weighted by molar-refractivity contribution is 6.30. The zero-order chi connectivity index (χ0) is 18.8. The molecule has 1 fully saturated rings. The summed E-state index contributed by atoms with van der Waals surface area (Å²) in [7, 11) is 0. The second-order valence-corrected chi connectivity index (χ2v) is 7.08. The number of rotatable bonds is 3. The first-order valence-electron chi connectivity index (χ1n) is 8.85. The Labute approximate surface area is 161 Å². The lowest BCUT2D eigenvalue weighted by molar-refractivity contribution is 0.0623. The highest BCUT2D eigenvalue weighted by atomic mass is 35.5. The number of benzene rings is 2.